The van der Waals surface area contributed by atoms with Gasteiger partial charge in [0.05, 0.1) is 0 Å². The Balaban J connectivity index is 2.55. The van der Waals surface area contributed by atoms with Crippen molar-refractivity contribution < 1.29 is 9.53 Å². The molecule has 0 bridgehead atoms. The lowest BCUT2D eigenvalue weighted by Gasteiger charge is -2.15. The van der Waals surface area contributed by atoms with Gasteiger partial charge in [-0.25, -0.2) is 0 Å². The fourth-order valence-electron chi connectivity index (χ4n) is 1.92. The van der Waals surface area contributed by atoms with Crippen LogP contribution in [0.5, 0.6) is 5.75 Å². The molecule has 4 N–H and O–H groups in total. The molecule has 0 spiro atoms. The van der Waals surface area contributed by atoms with Gasteiger partial charge in [-0.05, 0) is 12.3 Å². The van der Waals surface area contributed by atoms with Gasteiger partial charge >= 0.3 is 0 Å². The number of fused-ring (bicyclic) bond motifs is 1. The average molecular weight is 244 g/mol. The summed E-state index contributed by atoms with van der Waals surface area (Å²) in [6.45, 7) is 1.73. The molecule has 0 saturated carbocycles. The summed E-state index contributed by atoms with van der Waals surface area (Å²) in [5.41, 5.74) is 11.9. The number of carbonyl (C=O) groups is 1. The standard InChI is InChI=1S/C14H16N2O2/c1-9(15)11-7-6-10-4-2-3-5-12(10)14(11)18-8-13(16)17/h2-7,9H,8,15H2,1H3,(H2,16,17)/t9-/m1/s1. The summed E-state index contributed by atoms with van der Waals surface area (Å²) in [5.74, 6) is 0.139. The Morgan fingerprint density at radius 1 is 1.28 bits per heavy atom. The summed E-state index contributed by atoms with van der Waals surface area (Å²) in [6, 6.07) is 11.5. The second kappa shape index (κ2) is 5.06. The number of primary amides is 1. The maximum absolute atomic E-state index is 10.9. The normalized spacial score (nSPS) is 12.3. The monoisotopic (exact) mass is 244 g/mol. The second-order valence-corrected chi connectivity index (χ2v) is 4.25. The van der Waals surface area contributed by atoms with Gasteiger partial charge in [0.2, 0.25) is 0 Å². The quantitative estimate of drug-likeness (QED) is 0.859. The van der Waals surface area contributed by atoms with Crippen molar-refractivity contribution in [3.05, 3.63) is 42.0 Å². The molecule has 1 amide bonds. The predicted molar refractivity (Wildman–Crippen MR) is 71.2 cm³/mol. The Hall–Kier alpha value is -2.07. The number of hydrogen-bond acceptors (Lipinski definition) is 3. The lowest BCUT2D eigenvalue weighted by atomic mass is 10.0. The molecule has 0 aliphatic heterocycles. The molecule has 0 fully saturated rings. The van der Waals surface area contributed by atoms with Gasteiger partial charge in [-0.3, -0.25) is 4.79 Å². The topological polar surface area (TPSA) is 78.3 Å². The van der Waals surface area contributed by atoms with Gasteiger partial charge in [0.25, 0.3) is 5.91 Å². The van der Waals surface area contributed by atoms with Crippen LogP contribution >= 0.6 is 0 Å². The van der Waals surface area contributed by atoms with Gasteiger partial charge in [-0.1, -0.05) is 36.4 Å². The average Bonchev–Trinajstić information content (AvgIpc) is 2.35. The highest BCUT2D eigenvalue weighted by molar-refractivity contribution is 5.90. The van der Waals surface area contributed by atoms with Crippen molar-refractivity contribution in [1.82, 2.24) is 0 Å². The van der Waals surface area contributed by atoms with E-state index in [1.807, 2.05) is 43.3 Å². The van der Waals surface area contributed by atoms with Crippen LogP contribution in [0.25, 0.3) is 10.8 Å². The molecule has 1 atom stereocenters. The molecule has 2 rings (SSSR count). The van der Waals surface area contributed by atoms with Crippen LogP contribution in [-0.4, -0.2) is 12.5 Å². The van der Waals surface area contributed by atoms with E-state index in [4.69, 9.17) is 16.2 Å². The summed E-state index contributed by atoms with van der Waals surface area (Å²) >= 11 is 0. The molecule has 0 heterocycles. The van der Waals surface area contributed by atoms with Crippen LogP contribution in [-0.2, 0) is 4.79 Å². The van der Waals surface area contributed by atoms with E-state index in [9.17, 15) is 4.79 Å². The first kappa shape index (κ1) is 12.4. The predicted octanol–water partition coefficient (Wildman–Crippen LogP) is 1.72. The van der Waals surface area contributed by atoms with E-state index in [1.54, 1.807) is 0 Å². The molecular weight excluding hydrogens is 228 g/mol. The van der Waals surface area contributed by atoms with Crippen LogP contribution in [0.2, 0.25) is 0 Å². The van der Waals surface area contributed by atoms with E-state index in [-0.39, 0.29) is 12.6 Å². The summed E-state index contributed by atoms with van der Waals surface area (Å²) in [7, 11) is 0. The molecule has 4 nitrogen and oxygen atoms in total. The van der Waals surface area contributed by atoms with E-state index in [0.29, 0.717) is 5.75 Å². The Labute approximate surface area is 106 Å². The highest BCUT2D eigenvalue weighted by Crippen LogP contribution is 2.32. The zero-order chi connectivity index (χ0) is 13.1. The first-order chi connectivity index (χ1) is 8.59. The van der Waals surface area contributed by atoms with E-state index < -0.39 is 5.91 Å². The number of carbonyl (C=O) groups excluding carboxylic acids is 1. The summed E-state index contributed by atoms with van der Waals surface area (Å²) in [5, 5.41) is 1.98. The Morgan fingerprint density at radius 2 is 2.00 bits per heavy atom. The second-order valence-electron chi connectivity index (χ2n) is 4.25. The molecule has 0 radical (unpaired) electrons. The van der Waals surface area contributed by atoms with Gasteiger partial charge in [-0.2, -0.15) is 0 Å². The zero-order valence-corrected chi connectivity index (χ0v) is 10.2. The molecule has 18 heavy (non-hydrogen) atoms. The summed E-state index contributed by atoms with van der Waals surface area (Å²) < 4.78 is 5.52. The zero-order valence-electron chi connectivity index (χ0n) is 10.2. The smallest absolute Gasteiger partial charge is 0.255 e. The minimum atomic E-state index is -0.501. The lowest BCUT2D eigenvalue weighted by molar-refractivity contribution is -0.119. The van der Waals surface area contributed by atoms with Crippen LogP contribution < -0.4 is 16.2 Å². The molecule has 94 valence electrons. The van der Waals surface area contributed by atoms with E-state index in [0.717, 1.165) is 16.3 Å². The SMILES string of the molecule is C[C@@H](N)c1ccc2ccccc2c1OCC(N)=O. The first-order valence-corrected chi connectivity index (χ1v) is 5.78. The third-order valence-corrected chi connectivity index (χ3v) is 2.76. The fourth-order valence-corrected chi connectivity index (χ4v) is 1.92. The van der Waals surface area contributed by atoms with Crippen molar-refractivity contribution in [2.24, 2.45) is 11.5 Å². The van der Waals surface area contributed by atoms with Crippen molar-refractivity contribution in [2.75, 3.05) is 6.61 Å². The van der Waals surface area contributed by atoms with Crippen molar-refractivity contribution in [1.29, 1.82) is 0 Å². The van der Waals surface area contributed by atoms with E-state index in [2.05, 4.69) is 0 Å². The minimum Gasteiger partial charge on any atom is -0.483 e. The highest BCUT2D eigenvalue weighted by atomic mass is 16.5. The molecule has 2 aromatic carbocycles. The largest absolute Gasteiger partial charge is 0.483 e. The molecular formula is C14H16N2O2. The Morgan fingerprint density at radius 3 is 2.67 bits per heavy atom. The van der Waals surface area contributed by atoms with Gasteiger partial charge in [0, 0.05) is 17.0 Å². The fraction of sp³-hybridized carbons (Fsp3) is 0.214. The van der Waals surface area contributed by atoms with E-state index in [1.165, 1.54) is 0 Å². The van der Waals surface area contributed by atoms with Gasteiger partial charge < -0.3 is 16.2 Å². The Bertz CT molecular complexity index is 579. The van der Waals surface area contributed by atoms with Crippen LogP contribution in [0, 0.1) is 0 Å². The first-order valence-electron chi connectivity index (χ1n) is 5.78. The third kappa shape index (κ3) is 2.43. The van der Waals surface area contributed by atoms with Crippen LogP contribution in [0.1, 0.15) is 18.5 Å². The molecule has 4 heteroatoms. The maximum atomic E-state index is 10.9. The Kier molecular flexibility index (Phi) is 3.48. The maximum Gasteiger partial charge on any atom is 0.255 e. The molecule has 0 saturated heterocycles. The number of hydrogen-bond donors (Lipinski definition) is 2. The third-order valence-electron chi connectivity index (χ3n) is 2.76. The van der Waals surface area contributed by atoms with Gasteiger partial charge in [0.15, 0.2) is 6.61 Å². The van der Waals surface area contributed by atoms with Gasteiger partial charge in [0.1, 0.15) is 5.75 Å². The number of nitrogens with two attached hydrogens (primary N) is 2. The van der Waals surface area contributed by atoms with Crippen molar-refractivity contribution in [2.45, 2.75) is 13.0 Å². The number of benzene rings is 2. The summed E-state index contributed by atoms with van der Waals surface area (Å²) in [4.78, 5) is 10.9. The molecule has 2 aromatic rings. The number of ether oxygens (including phenoxy) is 1. The van der Waals surface area contributed by atoms with Crippen LogP contribution in [0.3, 0.4) is 0 Å². The molecule has 0 unspecified atom stereocenters. The summed E-state index contributed by atoms with van der Waals surface area (Å²) in [6.07, 6.45) is 0. The molecule has 0 aliphatic rings. The lowest BCUT2D eigenvalue weighted by Crippen LogP contribution is -2.21. The number of rotatable bonds is 4. The highest BCUT2D eigenvalue weighted by Gasteiger charge is 2.12. The number of amides is 1. The van der Waals surface area contributed by atoms with Crippen molar-refractivity contribution >= 4 is 16.7 Å². The molecule has 0 aliphatic carbocycles. The van der Waals surface area contributed by atoms with Crippen molar-refractivity contribution in [3.8, 4) is 5.75 Å². The van der Waals surface area contributed by atoms with Crippen LogP contribution in [0.15, 0.2) is 36.4 Å². The molecule has 0 aromatic heterocycles. The minimum absolute atomic E-state index is 0.145. The van der Waals surface area contributed by atoms with Crippen LogP contribution in [0.4, 0.5) is 0 Å². The van der Waals surface area contributed by atoms with E-state index >= 15 is 0 Å². The van der Waals surface area contributed by atoms with Gasteiger partial charge in [-0.15, -0.1) is 0 Å². The van der Waals surface area contributed by atoms with Crippen molar-refractivity contribution in [3.63, 3.8) is 0 Å².